The summed E-state index contributed by atoms with van der Waals surface area (Å²) < 4.78 is 5.02. The highest BCUT2D eigenvalue weighted by molar-refractivity contribution is 5.19. The van der Waals surface area contributed by atoms with Crippen molar-refractivity contribution in [1.29, 1.82) is 0 Å². The number of aliphatic hydroxyl groups is 1. The van der Waals surface area contributed by atoms with E-state index >= 15 is 0 Å². The first-order valence-corrected chi connectivity index (χ1v) is 6.11. The van der Waals surface area contributed by atoms with E-state index in [2.05, 4.69) is 22.6 Å². The summed E-state index contributed by atoms with van der Waals surface area (Å²) in [7, 11) is 0. The molecular formula is C14H18N2O2. The third-order valence-corrected chi connectivity index (χ3v) is 2.83. The third kappa shape index (κ3) is 3.42. The summed E-state index contributed by atoms with van der Waals surface area (Å²) in [5.74, 6) is 0.810. The molecule has 0 fully saturated rings. The standard InChI is InChI=1S/C14H18N2O2/c1-11-9-13(16-18-11)10-15-14(7-8-17)12-5-3-2-4-6-12/h2-6,9,14-15,17H,7-8,10H2,1H3/t14-/m1/s1. The zero-order chi connectivity index (χ0) is 12.8. The maximum Gasteiger partial charge on any atom is 0.133 e. The Morgan fingerprint density at radius 3 is 2.72 bits per heavy atom. The number of aliphatic hydroxyl groups excluding tert-OH is 1. The Morgan fingerprint density at radius 2 is 2.11 bits per heavy atom. The molecule has 0 amide bonds. The molecule has 1 aromatic heterocycles. The van der Waals surface area contributed by atoms with Crippen LogP contribution in [0.15, 0.2) is 40.9 Å². The molecule has 4 heteroatoms. The van der Waals surface area contributed by atoms with Gasteiger partial charge in [0, 0.05) is 25.3 Å². The number of rotatable bonds is 6. The molecule has 2 N–H and O–H groups in total. The van der Waals surface area contributed by atoms with Gasteiger partial charge in [-0.1, -0.05) is 35.5 Å². The van der Waals surface area contributed by atoms with Gasteiger partial charge in [-0.25, -0.2) is 0 Å². The van der Waals surface area contributed by atoms with Gasteiger partial charge in [0.2, 0.25) is 0 Å². The van der Waals surface area contributed by atoms with Crippen molar-refractivity contribution in [3.05, 3.63) is 53.4 Å². The van der Waals surface area contributed by atoms with Gasteiger partial charge in [-0.2, -0.15) is 0 Å². The second-order valence-electron chi connectivity index (χ2n) is 4.29. The minimum Gasteiger partial charge on any atom is -0.396 e. The van der Waals surface area contributed by atoms with Crippen LogP contribution in [-0.4, -0.2) is 16.9 Å². The third-order valence-electron chi connectivity index (χ3n) is 2.83. The number of benzene rings is 1. The lowest BCUT2D eigenvalue weighted by Crippen LogP contribution is -2.22. The number of aromatic nitrogens is 1. The van der Waals surface area contributed by atoms with Gasteiger partial charge in [0.05, 0.1) is 5.69 Å². The van der Waals surface area contributed by atoms with E-state index in [1.807, 2.05) is 31.2 Å². The van der Waals surface area contributed by atoms with Crippen molar-refractivity contribution in [2.24, 2.45) is 0 Å². The van der Waals surface area contributed by atoms with Crippen LogP contribution in [-0.2, 0) is 6.54 Å². The molecule has 0 aliphatic heterocycles. The van der Waals surface area contributed by atoms with Crippen LogP contribution >= 0.6 is 0 Å². The highest BCUT2D eigenvalue weighted by Crippen LogP contribution is 2.16. The molecule has 0 saturated carbocycles. The van der Waals surface area contributed by atoms with E-state index in [1.165, 1.54) is 5.56 Å². The molecular weight excluding hydrogens is 228 g/mol. The monoisotopic (exact) mass is 246 g/mol. The minimum absolute atomic E-state index is 0.133. The minimum atomic E-state index is 0.133. The van der Waals surface area contributed by atoms with Crippen molar-refractivity contribution in [2.45, 2.75) is 25.9 Å². The smallest absolute Gasteiger partial charge is 0.133 e. The van der Waals surface area contributed by atoms with Crippen molar-refractivity contribution in [1.82, 2.24) is 10.5 Å². The van der Waals surface area contributed by atoms with E-state index in [1.54, 1.807) is 0 Å². The predicted octanol–water partition coefficient (Wildman–Crippen LogP) is 2.20. The maximum atomic E-state index is 9.13. The van der Waals surface area contributed by atoms with Gasteiger partial charge < -0.3 is 14.9 Å². The number of hydrogen-bond donors (Lipinski definition) is 2. The fourth-order valence-corrected chi connectivity index (χ4v) is 1.93. The van der Waals surface area contributed by atoms with E-state index < -0.39 is 0 Å². The molecule has 18 heavy (non-hydrogen) atoms. The molecule has 4 nitrogen and oxygen atoms in total. The molecule has 0 bridgehead atoms. The number of aryl methyl sites for hydroxylation is 1. The molecule has 96 valence electrons. The first kappa shape index (κ1) is 12.8. The normalized spacial score (nSPS) is 12.6. The molecule has 1 atom stereocenters. The van der Waals surface area contributed by atoms with Crippen LogP contribution in [0.2, 0.25) is 0 Å². The molecule has 0 saturated heterocycles. The molecule has 1 heterocycles. The Morgan fingerprint density at radius 1 is 1.33 bits per heavy atom. The average molecular weight is 246 g/mol. The van der Waals surface area contributed by atoms with Crippen molar-refractivity contribution >= 4 is 0 Å². The lowest BCUT2D eigenvalue weighted by atomic mass is 10.0. The number of nitrogens with one attached hydrogen (secondary N) is 1. The van der Waals surface area contributed by atoms with Gasteiger partial charge in [-0.15, -0.1) is 0 Å². The second kappa shape index (κ2) is 6.33. The molecule has 2 aromatic rings. The van der Waals surface area contributed by atoms with Crippen LogP contribution in [0.3, 0.4) is 0 Å². The van der Waals surface area contributed by atoms with E-state index in [0.29, 0.717) is 13.0 Å². The van der Waals surface area contributed by atoms with Gasteiger partial charge in [0.15, 0.2) is 0 Å². The summed E-state index contributed by atoms with van der Waals surface area (Å²) in [6.45, 7) is 2.67. The summed E-state index contributed by atoms with van der Waals surface area (Å²) in [6, 6.07) is 12.1. The molecule has 0 unspecified atom stereocenters. The molecule has 1 aromatic carbocycles. The first-order chi connectivity index (χ1) is 8.79. The Balaban J connectivity index is 1.98. The van der Waals surface area contributed by atoms with Gasteiger partial charge >= 0.3 is 0 Å². The number of nitrogens with zero attached hydrogens (tertiary/aromatic N) is 1. The SMILES string of the molecule is Cc1cc(CN[C@H](CCO)c2ccccc2)no1. The van der Waals surface area contributed by atoms with Crippen LogP contribution in [0.1, 0.15) is 29.5 Å². The van der Waals surface area contributed by atoms with Crippen LogP contribution in [0.25, 0.3) is 0 Å². The molecule has 2 rings (SSSR count). The van der Waals surface area contributed by atoms with E-state index in [-0.39, 0.29) is 12.6 Å². The van der Waals surface area contributed by atoms with Gasteiger partial charge in [-0.3, -0.25) is 0 Å². The van der Waals surface area contributed by atoms with Crippen LogP contribution in [0.4, 0.5) is 0 Å². The lowest BCUT2D eigenvalue weighted by Gasteiger charge is -2.17. The molecule has 0 aliphatic rings. The fraction of sp³-hybridized carbons (Fsp3) is 0.357. The molecule has 0 spiro atoms. The molecule has 0 aliphatic carbocycles. The van der Waals surface area contributed by atoms with E-state index in [4.69, 9.17) is 9.63 Å². The Bertz CT molecular complexity index is 468. The number of hydrogen-bond acceptors (Lipinski definition) is 4. The Hall–Kier alpha value is -1.65. The highest BCUT2D eigenvalue weighted by Gasteiger charge is 2.11. The summed E-state index contributed by atoms with van der Waals surface area (Å²) in [6.07, 6.45) is 0.681. The van der Waals surface area contributed by atoms with E-state index in [9.17, 15) is 0 Å². The maximum absolute atomic E-state index is 9.13. The summed E-state index contributed by atoms with van der Waals surface area (Å²) in [5.41, 5.74) is 2.05. The zero-order valence-corrected chi connectivity index (χ0v) is 10.5. The van der Waals surface area contributed by atoms with Crippen LogP contribution in [0, 0.1) is 6.92 Å². The summed E-state index contributed by atoms with van der Waals surface area (Å²) in [4.78, 5) is 0. The van der Waals surface area contributed by atoms with Gasteiger partial charge in [0.25, 0.3) is 0 Å². The first-order valence-electron chi connectivity index (χ1n) is 6.11. The van der Waals surface area contributed by atoms with Crippen molar-refractivity contribution in [2.75, 3.05) is 6.61 Å². The molecule has 0 radical (unpaired) electrons. The highest BCUT2D eigenvalue weighted by atomic mass is 16.5. The average Bonchev–Trinajstić information content (AvgIpc) is 2.81. The summed E-state index contributed by atoms with van der Waals surface area (Å²) in [5, 5.41) is 16.5. The largest absolute Gasteiger partial charge is 0.396 e. The van der Waals surface area contributed by atoms with E-state index in [0.717, 1.165) is 11.5 Å². The lowest BCUT2D eigenvalue weighted by molar-refractivity contribution is 0.264. The topological polar surface area (TPSA) is 58.3 Å². The quantitative estimate of drug-likeness (QED) is 0.820. The van der Waals surface area contributed by atoms with Gasteiger partial charge in [-0.05, 0) is 18.9 Å². The summed E-state index contributed by atoms with van der Waals surface area (Å²) >= 11 is 0. The predicted molar refractivity (Wildman–Crippen MR) is 69.0 cm³/mol. The second-order valence-corrected chi connectivity index (χ2v) is 4.29. The van der Waals surface area contributed by atoms with Crippen molar-refractivity contribution in [3.8, 4) is 0 Å². The van der Waals surface area contributed by atoms with Crippen LogP contribution in [0.5, 0.6) is 0 Å². The Kier molecular flexibility index (Phi) is 4.50. The van der Waals surface area contributed by atoms with Crippen LogP contribution < -0.4 is 5.32 Å². The van der Waals surface area contributed by atoms with Crippen molar-refractivity contribution < 1.29 is 9.63 Å². The Labute approximate surface area is 107 Å². The van der Waals surface area contributed by atoms with Crippen molar-refractivity contribution in [3.63, 3.8) is 0 Å². The van der Waals surface area contributed by atoms with Gasteiger partial charge in [0.1, 0.15) is 5.76 Å². The zero-order valence-electron chi connectivity index (χ0n) is 10.5. The fourth-order valence-electron chi connectivity index (χ4n) is 1.93.